The van der Waals surface area contributed by atoms with E-state index in [9.17, 15) is 20.0 Å². The quantitative estimate of drug-likeness (QED) is 0.630. The first kappa shape index (κ1) is 15.2. The number of aliphatic hydroxyl groups is 1. The van der Waals surface area contributed by atoms with Gasteiger partial charge in [-0.15, -0.1) is 0 Å². The summed E-state index contributed by atoms with van der Waals surface area (Å²) in [6.07, 6.45) is 2.45. The standard InChI is InChI=1S/C15H16N4O4/c20-13-7-10-3-1-2-4-12(10)15(13)17-14(21)5-6-18-9-11(8-16-18)19(22)23/h1-4,8-9,13,15,20H,5-7H2,(H,17,21)/t13-,15-/m0/s1. The number of aryl methyl sites for hydroxylation is 1. The minimum atomic E-state index is -0.637. The molecule has 1 aliphatic carbocycles. The largest absolute Gasteiger partial charge is 0.390 e. The van der Waals surface area contributed by atoms with Gasteiger partial charge in [-0.1, -0.05) is 24.3 Å². The monoisotopic (exact) mass is 316 g/mol. The molecule has 120 valence electrons. The Hall–Kier alpha value is -2.74. The topological polar surface area (TPSA) is 110 Å². The second-order valence-corrected chi connectivity index (χ2v) is 5.48. The lowest BCUT2D eigenvalue weighted by molar-refractivity contribution is -0.385. The molecule has 3 rings (SSSR count). The van der Waals surface area contributed by atoms with Crippen LogP contribution < -0.4 is 5.32 Å². The number of nitrogens with zero attached hydrogens (tertiary/aromatic N) is 3. The van der Waals surface area contributed by atoms with Gasteiger partial charge in [0, 0.05) is 19.4 Å². The van der Waals surface area contributed by atoms with Crippen molar-refractivity contribution in [1.29, 1.82) is 0 Å². The molecule has 23 heavy (non-hydrogen) atoms. The maximum Gasteiger partial charge on any atom is 0.306 e. The van der Waals surface area contributed by atoms with Crippen molar-refractivity contribution < 1.29 is 14.8 Å². The van der Waals surface area contributed by atoms with E-state index in [1.807, 2.05) is 24.3 Å². The van der Waals surface area contributed by atoms with Crippen LogP contribution in [-0.4, -0.2) is 31.8 Å². The molecule has 0 saturated heterocycles. The molecule has 8 nitrogen and oxygen atoms in total. The molecule has 2 atom stereocenters. The molecule has 8 heteroatoms. The first-order valence-electron chi connectivity index (χ1n) is 7.26. The van der Waals surface area contributed by atoms with Crippen molar-refractivity contribution >= 4 is 11.6 Å². The smallest absolute Gasteiger partial charge is 0.306 e. The molecule has 0 spiro atoms. The molecule has 1 aromatic heterocycles. The van der Waals surface area contributed by atoms with Gasteiger partial charge in [-0.2, -0.15) is 5.10 Å². The second-order valence-electron chi connectivity index (χ2n) is 5.48. The number of rotatable bonds is 5. The SMILES string of the molecule is O=C(CCn1cc([N+](=O)[O-])cn1)N[C@H]1c2ccccc2C[C@@H]1O. The lowest BCUT2D eigenvalue weighted by Crippen LogP contribution is -2.34. The molecule has 0 fully saturated rings. The van der Waals surface area contributed by atoms with Gasteiger partial charge < -0.3 is 10.4 Å². The zero-order chi connectivity index (χ0) is 16.4. The molecule has 1 heterocycles. The van der Waals surface area contributed by atoms with E-state index in [-0.39, 0.29) is 24.6 Å². The molecule has 2 N–H and O–H groups in total. The number of benzene rings is 1. The van der Waals surface area contributed by atoms with Gasteiger partial charge in [0.1, 0.15) is 12.4 Å². The van der Waals surface area contributed by atoms with Crippen LogP contribution in [0.3, 0.4) is 0 Å². The molecule has 0 bridgehead atoms. The Kier molecular flexibility index (Phi) is 4.07. The second kappa shape index (κ2) is 6.17. The Labute approximate surface area is 131 Å². The zero-order valence-electron chi connectivity index (χ0n) is 12.3. The van der Waals surface area contributed by atoms with Crippen LogP contribution in [0.2, 0.25) is 0 Å². The van der Waals surface area contributed by atoms with Crippen molar-refractivity contribution in [2.45, 2.75) is 31.5 Å². The van der Waals surface area contributed by atoms with Crippen LogP contribution in [0.4, 0.5) is 5.69 Å². The Morgan fingerprint density at radius 1 is 1.48 bits per heavy atom. The van der Waals surface area contributed by atoms with E-state index in [1.165, 1.54) is 10.9 Å². The van der Waals surface area contributed by atoms with Gasteiger partial charge in [0.25, 0.3) is 0 Å². The molecular formula is C15H16N4O4. The molecule has 0 saturated carbocycles. The molecule has 1 amide bonds. The number of amides is 1. The predicted molar refractivity (Wildman–Crippen MR) is 80.5 cm³/mol. The van der Waals surface area contributed by atoms with E-state index in [0.717, 1.165) is 17.3 Å². The van der Waals surface area contributed by atoms with Crippen LogP contribution in [0.5, 0.6) is 0 Å². The summed E-state index contributed by atoms with van der Waals surface area (Å²) in [7, 11) is 0. The summed E-state index contributed by atoms with van der Waals surface area (Å²) in [5.41, 5.74) is 1.86. The van der Waals surface area contributed by atoms with E-state index < -0.39 is 17.1 Å². The molecule has 1 aliphatic rings. The summed E-state index contributed by atoms with van der Waals surface area (Å²) in [6, 6.07) is 7.20. The van der Waals surface area contributed by atoms with Gasteiger partial charge in [0.2, 0.25) is 5.91 Å². The Morgan fingerprint density at radius 3 is 3.00 bits per heavy atom. The summed E-state index contributed by atoms with van der Waals surface area (Å²) in [4.78, 5) is 22.1. The Morgan fingerprint density at radius 2 is 2.26 bits per heavy atom. The number of aromatic nitrogens is 2. The normalized spacial score (nSPS) is 19.3. The number of fused-ring (bicyclic) bond motifs is 1. The first-order chi connectivity index (χ1) is 11.0. The van der Waals surface area contributed by atoms with E-state index in [4.69, 9.17) is 0 Å². The van der Waals surface area contributed by atoms with Crippen LogP contribution in [-0.2, 0) is 17.8 Å². The highest BCUT2D eigenvalue weighted by Crippen LogP contribution is 2.31. The summed E-state index contributed by atoms with van der Waals surface area (Å²) < 4.78 is 1.36. The van der Waals surface area contributed by atoms with Gasteiger partial charge in [0.15, 0.2) is 0 Å². The third kappa shape index (κ3) is 3.21. The van der Waals surface area contributed by atoms with E-state index in [0.29, 0.717) is 6.42 Å². The van der Waals surface area contributed by atoms with Crippen molar-refractivity contribution in [3.63, 3.8) is 0 Å². The lowest BCUT2D eigenvalue weighted by atomic mass is 10.1. The molecule has 2 aromatic rings. The molecule has 0 aliphatic heterocycles. The van der Waals surface area contributed by atoms with Gasteiger partial charge in [-0.05, 0) is 11.1 Å². The summed E-state index contributed by atoms with van der Waals surface area (Å²) in [5, 5.41) is 27.3. The highest BCUT2D eigenvalue weighted by atomic mass is 16.6. The predicted octanol–water partition coefficient (Wildman–Crippen LogP) is 0.956. The zero-order valence-corrected chi connectivity index (χ0v) is 12.3. The van der Waals surface area contributed by atoms with Crippen LogP contribution in [0.15, 0.2) is 36.7 Å². The summed E-state index contributed by atoms with van der Waals surface area (Å²) in [5.74, 6) is -0.232. The Balaban J connectivity index is 1.58. The van der Waals surface area contributed by atoms with Gasteiger partial charge in [-0.25, -0.2) is 0 Å². The van der Waals surface area contributed by atoms with Crippen LogP contribution in [0.1, 0.15) is 23.6 Å². The van der Waals surface area contributed by atoms with E-state index in [2.05, 4.69) is 10.4 Å². The highest BCUT2D eigenvalue weighted by Gasteiger charge is 2.31. The van der Waals surface area contributed by atoms with Crippen LogP contribution in [0, 0.1) is 10.1 Å². The van der Waals surface area contributed by atoms with E-state index in [1.54, 1.807) is 0 Å². The average Bonchev–Trinajstić information content (AvgIpc) is 3.11. The first-order valence-corrected chi connectivity index (χ1v) is 7.26. The summed E-state index contributed by atoms with van der Waals surface area (Å²) in [6.45, 7) is 0.240. The highest BCUT2D eigenvalue weighted by molar-refractivity contribution is 5.76. The molecular weight excluding hydrogens is 300 g/mol. The Bertz CT molecular complexity index is 743. The molecule has 0 unspecified atom stereocenters. The van der Waals surface area contributed by atoms with Crippen molar-refractivity contribution in [2.75, 3.05) is 0 Å². The maximum atomic E-state index is 12.1. The molecule has 0 radical (unpaired) electrons. The minimum Gasteiger partial charge on any atom is -0.390 e. The number of hydrogen-bond acceptors (Lipinski definition) is 5. The minimum absolute atomic E-state index is 0.106. The van der Waals surface area contributed by atoms with Crippen molar-refractivity contribution in [1.82, 2.24) is 15.1 Å². The van der Waals surface area contributed by atoms with Crippen molar-refractivity contribution in [2.24, 2.45) is 0 Å². The van der Waals surface area contributed by atoms with Gasteiger partial charge >= 0.3 is 5.69 Å². The van der Waals surface area contributed by atoms with Crippen molar-refractivity contribution in [3.8, 4) is 0 Å². The number of nitro groups is 1. The van der Waals surface area contributed by atoms with Crippen LogP contribution in [0.25, 0.3) is 0 Å². The number of nitrogens with one attached hydrogen (secondary N) is 1. The number of carbonyl (C=O) groups excluding carboxylic acids is 1. The van der Waals surface area contributed by atoms with Crippen LogP contribution >= 0.6 is 0 Å². The maximum absolute atomic E-state index is 12.1. The fraction of sp³-hybridized carbons (Fsp3) is 0.333. The van der Waals surface area contributed by atoms with Gasteiger partial charge in [-0.3, -0.25) is 19.6 Å². The molecule has 1 aromatic carbocycles. The average molecular weight is 316 g/mol. The van der Waals surface area contributed by atoms with Crippen molar-refractivity contribution in [3.05, 3.63) is 57.9 Å². The third-order valence-corrected chi connectivity index (χ3v) is 3.92. The summed E-state index contributed by atoms with van der Waals surface area (Å²) >= 11 is 0. The fourth-order valence-electron chi connectivity index (χ4n) is 2.78. The lowest BCUT2D eigenvalue weighted by Gasteiger charge is -2.17. The fourth-order valence-corrected chi connectivity index (χ4v) is 2.78. The number of hydrogen-bond donors (Lipinski definition) is 2. The van der Waals surface area contributed by atoms with E-state index >= 15 is 0 Å². The third-order valence-electron chi connectivity index (χ3n) is 3.92. The number of aliphatic hydroxyl groups excluding tert-OH is 1. The number of carbonyl (C=O) groups is 1. The van der Waals surface area contributed by atoms with Gasteiger partial charge in [0.05, 0.1) is 17.1 Å².